The van der Waals surface area contributed by atoms with Gasteiger partial charge in [-0.25, -0.2) is 4.79 Å². The molecule has 6 nitrogen and oxygen atoms in total. The Kier molecular flexibility index (Phi) is 6.52. The Hall–Kier alpha value is -2.08. The number of hydrogen-bond donors (Lipinski definition) is 0. The number of benzene rings is 1. The fourth-order valence-corrected chi connectivity index (χ4v) is 4.68. The second kappa shape index (κ2) is 8.74. The molecular formula is C22H28ClNO5. The molecule has 1 aromatic carbocycles. The number of Topliss-reactive ketones (excluding diaryl/α,β-unsaturated/α-hetero) is 1. The molecule has 1 atom stereocenters. The number of rotatable bonds is 6. The molecule has 2 fully saturated rings. The summed E-state index contributed by atoms with van der Waals surface area (Å²) in [4.78, 5) is 39.0. The number of amides is 1. The maximum Gasteiger partial charge on any atom is 0.413 e. The predicted molar refractivity (Wildman–Crippen MR) is 108 cm³/mol. The van der Waals surface area contributed by atoms with Crippen molar-refractivity contribution in [2.24, 2.45) is 5.41 Å². The van der Waals surface area contributed by atoms with Crippen molar-refractivity contribution >= 4 is 29.4 Å². The summed E-state index contributed by atoms with van der Waals surface area (Å²) in [7, 11) is 1.53. The van der Waals surface area contributed by atoms with E-state index in [1.165, 1.54) is 11.9 Å². The van der Waals surface area contributed by atoms with Crippen LogP contribution in [0.5, 0.6) is 0 Å². The van der Waals surface area contributed by atoms with Crippen LogP contribution in [0.1, 0.15) is 63.9 Å². The van der Waals surface area contributed by atoms with Crippen molar-refractivity contribution in [3.05, 3.63) is 34.9 Å². The average Bonchev–Trinajstić information content (AvgIpc) is 2.67. The highest BCUT2D eigenvalue weighted by Crippen LogP contribution is 2.44. The number of carbonyl (C=O) groups is 3. The zero-order valence-electron chi connectivity index (χ0n) is 17.0. The minimum absolute atomic E-state index is 0.000513. The lowest BCUT2D eigenvalue weighted by molar-refractivity contribution is -0.157. The topological polar surface area (TPSA) is 72.9 Å². The van der Waals surface area contributed by atoms with E-state index in [9.17, 15) is 14.4 Å². The normalized spacial score (nSPS) is 23.1. The van der Waals surface area contributed by atoms with Gasteiger partial charge in [-0.15, -0.1) is 0 Å². The molecule has 2 aliphatic carbocycles. The molecule has 0 unspecified atom stereocenters. The van der Waals surface area contributed by atoms with Crippen molar-refractivity contribution in [1.29, 1.82) is 0 Å². The van der Waals surface area contributed by atoms with E-state index in [1.54, 1.807) is 24.3 Å². The van der Waals surface area contributed by atoms with E-state index < -0.39 is 18.4 Å². The summed E-state index contributed by atoms with van der Waals surface area (Å²) in [5.41, 5.74) is -0.571. The summed E-state index contributed by atoms with van der Waals surface area (Å²) in [5, 5.41) is 0.433. The summed E-state index contributed by atoms with van der Waals surface area (Å²) in [6.45, 7) is 1.59. The largest absolute Gasteiger partial charge is 0.428 e. The third-order valence-electron chi connectivity index (χ3n) is 6.35. The molecule has 0 aliphatic heterocycles. The van der Waals surface area contributed by atoms with Gasteiger partial charge in [0.25, 0.3) is 0 Å². The van der Waals surface area contributed by atoms with Gasteiger partial charge < -0.3 is 9.47 Å². The second-order valence-electron chi connectivity index (χ2n) is 8.41. The highest BCUT2D eigenvalue weighted by atomic mass is 35.5. The lowest BCUT2D eigenvalue weighted by Gasteiger charge is -2.43. The first-order valence-corrected chi connectivity index (χ1v) is 10.5. The van der Waals surface area contributed by atoms with Gasteiger partial charge in [0.1, 0.15) is 5.54 Å². The van der Waals surface area contributed by atoms with Crippen LogP contribution < -0.4 is 0 Å². The SMILES string of the molecule is CN(C(=O)OCOC(=O)CC1(C)CCC1)[C@@]1(c2ccccc2Cl)CCCCC1=O. The van der Waals surface area contributed by atoms with Crippen LogP contribution in [-0.4, -0.2) is 36.6 Å². The Bertz CT molecular complexity index is 791. The standard InChI is InChI=1S/C22H28ClNO5/c1-21(11-7-12-21)14-19(26)28-15-29-20(27)24(2)22(13-6-5-10-18(22)25)16-8-3-4-9-17(16)23/h3-4,8-9H,5-7,10-15H2,1-2H3/t22-/m1/s1. The van der Waals surface area contributed by atoms with Crippen LogP contribution in [0.2, 0.25) is 5.02 Å². The van der Waals surface area contributed by atoms with Crippen LogP contribution >= 0.6 is 11.6 Å². The van der Waals surface area contributed by atoms with Gasteiger partial charge in [-0.2, -0.15) is 0 Å². The average molecular weight is 422 g/mol. The Balaban J connectivity index is 1.67. The zero-order valence-corrected chi connectivity index (χ0v) is 17.8. The van der Waals surface area contributed by atoms with E-state index >= 15 is 0 Å². The molecule has 29 heavy (non-hydrogen) atoms. The van der Waals surface area contributed by atoms with Crippen LogP contribution in [0.25, 0.3) is 0 Å². The summed E-state index contributed by atoms with van der Waals surface area (Å²) in [6.07, 6.45) is 5.16. The highest BCUT2D eigenvalue weighted by molar-refractivity contribution is 6.31. The molecule has 158 valence electrons. The number of likely N-dealkylation sites (N-methyl/N-ethyl adjacent to an activating group) is 1. The fraction of sp³-hybridized carbons (Fsp3) is 0.591. The molecule has 1 aromatic rings. The van der Waals surface area contributed by atoms with Gasteiger partial charge in [0.15, 0.2) is 5.78 Å². The van der Waals surface area contributed by atoms with Crippen molar-refractivity contribution in [2.75, 3.05) is 13.8 Å². The van der Waals surface area contributed by atoms with Gasteiger partial charge in [-0.3, -0.25) is 14.5 Å². The minimum atomic E-state index is -1.17. The van der Waals surface area contributed by atoms with E-state index in [2.05, 4.69) is 6.92 Å². The van der Waals surface area contributed by atoms with Crippen LogP contribution in [0.4, 0.5) is 4.79 Å². The molecule has 3 rings (SSSR count). The molecule has 1 amide bonds. The van der Waals surface area contributed by atoms with Crippen molar-refractivity contribution in [3.63, 3.8) is 0 Å². The molecule has 0 radical (unpaired) electrons. The van der Waals surface area contributed by atoms with E-state index in [0.29, 0.717) is 29.8 Å². The van der Waals surface area contributed by atoms with Crippen molar-refractivity contribution in [3.8, 4) is 0 Å². The van der Waals surface area contributed by atoms with Gasteiger partial charge in [0, 0.05) is 24.1 Å². The van der Waals surface area contributed by atoms with Crippen LogP contribution in [0.3, 0.4) is 0 Å². The number of halogens is 1. The number of ketones is 1. The summed E-state index contributed by atoms with van der Waals surface area (Å²) < 4.78 is 10.3. The van der Waals surface area contributed by atoms with Gasteiger partial charge in [0.2, 0.25) is 6.79 Å². The third-order valence-corrected chi connectivity index (χ3v) is 6.68. The molecule has 0 aromatic heterocycles. The minimum Gasteiger partial charge on any atom is -0.428 e. The molecule has 0 saturated heterocycles. The first-order chi connectivity index (χ1) is 13.8. The van der Waals surface area contributed by atoms with Crippen LogP contribution in [0.15, 0.2) is 24.3 Å². The summed E-state index contributed by atoms with van der Waals surface area (Å²) in [5.74, 6) is -0.441. The van der Waals surface area contributed by atoms with E-state index in [4.69, 9.17) is 21.1 Å². The molecule has 7 heteroatoms. The smallest absolute Gasteiger partial charge is 0.413 e. The van der Waals surface area contributed by atoms with E-state index in [1.807, 2.05) is 0 Å². The Morgan fingerprint density at radius 3 is 2.45 bits per heavy atom. The highest BCUT2D eigenvalue weighted by Gasteiger charge is 2.48. The number of esters is 1. The molecule has 2 saturated carbocycles. The van der Waals surface area contributed by atoms with Crippen molar-refractivity contribution in [2.45, 2.75) is 63.8 Å². The maximum atomic E-state index is 13.0. The molecule has 0 spiro atoms. The molecule has 0 bridgehead atoms. The molecular weight excluding hydrogens is 394 g/mol. The van der Waals surface area contributed by atoms with Crippen LogP contribution in [-0.2, 0) is 24.6 Å². The lowest BCUT2D eigenvalue weighted by Crippen LogP contribution is -2.54. The van der Waals surface area contributed by atoms with Gasteiger partial charge in [-0.05, 0) is 43.6 Å². The maximum absolute atomic E-state index is 13.0. The quantitative estimate of drug-likeness (QED) is 0.486. The summed E-state index contributed by atoms with van der Waals surface area (Å²) >= 11 is 6.39. The first kappa shape index (κ1) is 21.6. The van der Waals surface area contributed by atoms with Gasteiger partial charge in [-0.1, -0.05) is 43.1 Å². The van der Waals surface area contributed by atoms with E-state index in [-0.39, 0.29) is 17.2 Å². The number of hydrogen-bond acceptors (Lipinski definition) is 5. The monoisotopic (exact) mass is 421 g/mol. The molecule has 0 heterocycles. The van der Waals surface area contributed by atoms with Gasteiger partial charge in [0.05, 0.1) is 6.42 Å². The predicted octanol–water partition coefficient (Wildman–Crippen LogP) is 4.83. The zero-order chi connectivity index (χ0) is 21.1. The number of nitrogens with zero attached hydrogens (tertiary/aromatic N) is 1. The molecule has 2 aliphatic rings. The fourth-order valence-electron chi connectivity index (χ4n) is 4.38. The Labute approximate surface area is 176 Å². The molecule has 0 N–H and O–H groups in total. The lowest BCUT2D eigenvalue weighted by atomic mass is 9.68. The van der Waals surface area contributed by atoms with Gasteiger partial charge >= 0.3 is 12.1 Å². The van der Waals surface area contributed by atoms with Crippen molar-refractivity contribution < 1.29 is 23.9 Å². The Morgan fingerprint density at radius 2 is 1.83 bits per heavy atom. The Morgan fingerprint density at radius 1 is 1.10 bits per heavy atom. The number of ether oxygens (including phenoxy) is 2. The second-order valence-corrected chi connectivity index (χ2v) is 8.82. The first-order valence-electron chi connectivity index (χ1n) is 10.1. The third kappa shape index (κ3) is 4.42. The van der Waals surface area contributed by atoms with Crippen LogP contribution in [0, 0.1) is 5.41 Å². The van der Waals surface area contributed by atoms with E-state index in [0.717, 1.165) is 32.1 Å². The van der Waals surface area contributed by atoms with Crippen molar-refractivity contribution in [1.82, 2.24) is 4.90 Å². The summed E-state index contributed by atoms with van der Waals surface area (Å²) in [6, 6.07) is 7.07. The number of carbonyl (C=O) groups excluding carboxylic acids is 3.